The lowest BCUT2D eigenvalue weighted by atomic mass is 10.2. The van der Waals surface area contributed by atoms with Gasteiger partial charge in [-0.1, -0.05) is 0 Å². The quantitative estimate of drug-likeness (QED) is 0.668. The number of anilines is 1. The molecular formula is C13H15N3O3. The van der Waals surface area contributed by atoms with Gasteiger partial charge in [-0.15, -0.1) is 0 Å². The molecule has 0 saturated heterocycles. The average Bonchev–Trinajstić information content (AvgIpc) is 2.71. The van der Waals surface area contributed by atoms with Crippen molar-refractivity contribution in [2.24, 2.45) is 7.05 Å². The third-order valence-corrected chi connectivity index (χ3v) is 2.64. The summed E-state index contributed by atoms with van der Waals surface area (Å²) in [5.41, 5.74) is 1.54. The molecule has 19 heavy (non-hydrogen) atoms. The first kappa shape index (κ1) is 13.1. The Morgan fingerprint density at radius 3 is 2.95 bits per heavy atom. The van der Waals surface area contributed by atoms with Gasteiger partial charge in [0.25, 0.3) is 0 Å². The minimum absolute atomic E-state index is 0.271. The third kappa shape index (κ3) is 3.09. The number of hydrogen-bond donors (Lipinski definition) is 1. The van der Waals surface area contributed by atoms with E-state index >= 15 is 0 Å². The van der Waals surface area contributed by atoms with Gasteiger partial charge in [0.05, 0.1) is 18.3 Å². The Bertz CT molecular complexity index is 619. The van der Waals surface area contributed by atoms with Crippen molar-refractivity contribution < 1.29 is 14.3 Å². The van der Waals surface area contributed by atoms with Gasteiger partial charge < -0.3 is 10.1 Å². The molecule has 0 bridgehead atoms. The first-order valence-electron chi connectivity index (χ1n) is 5.97. The number of hydrogen-bond acceptors (Lipinski definition) is 4. The van der Waals surface area contributed by atoms with E-state index in [2.05, 4.69) is 10.4 Å². The fourth-order valence-corrected chi connectivity index (χ4v) is 1.77. The van der Waals surface area contributed by atoms with E-state index < -0.39 is 5.97 Å². The molecule has 100 valence electrons. The highest BCUT2D eigenvalue weighted by Crippen LogP contribution is 2.18. The molecule has 2 aromatic rings. The first-order chi connectivity index (χ1) is 9.10. The highest BCUT2D eigenvalue weighted by Gasteiger charge is 2.11. The standard InChI is InChI=1S/C13H15N3O3/c1-3-19-13(18)7-12(17)15-10-5-4-9-8-14-16(2)11(9)6-10/h4-6,8H,3,7H2,1-2H3,(H,15,17). The molecule has 1 aromatic carbocycles. The minimum Gasteiger partial charge on any atom is -0.466 e. The number of carbonyl (C=O) groups is 2. The molecule has 0 aliphatic carbocycles. The molecule has 0 radical (unpaired) electrons. The van der Waals surface area contributed by atoms with Crippen LogP contribution in [-0.2, 0) is 21.4 Å². The molecule has 0 unspecified atom stereocenters. The highest BCUT2D eigenvalue weighted by molar-refractivity contribution is 6.02. The summed E-state index contributed by atoms with van der Waals surface area (Å²) in [6.07, 6.45) is 1.47. The lowest BCUT2D eigenvalue weighted by Crippen LogP contribution is -2.18. The number of aromatic nitrogens is 2. The Morgan fingerprint density at radius 1 is 1.42 bits per heavy atom. The van der Waals surface area contributed by atoms with Crippen molar-refractivity contribution in [3.8, 4) is 0 Å². The van der Waals surface area contributed by atoms with Crippen LogP contribution in [0.25, 0.3) is 10.9 Å². The molecule has 1 N–H and O–H groups in total. The number of nitrogens with one attached hydrogen (secondary N) is 1. The van der Waals surface area contributed by atoms with E-state index in [1.165, 1.54) is 0 Å². The maximum atomic E-state index is 11.6. The van der Waals surface area contributed by atoms with Gasteiger partial charge in [0.15, 0.2) is 0 Å². The van der Waals surface area contributed by atoms with Crippen molar-refractivity contribution in [3.63, 3.8) is 0 Å². The third-order valence-electron chi connectivity index (χ3n) is 2.64. The van der Waals surface area contributed by atoms with Crippen LogP contribution in [0.5, 0.6) is 0 Å². The van der Waals surface area contributed by atoms with Crippen LogP contribution in [0.15, 0.2) is 24.4 Å². The lowest BCUT2D eigenvalue weighted by Gasteiger charge is -2.05. The van der Waals surface area contributed by atoms with Crippen molar-refractivity contribution in [2.75, 3.05) is 11.9 Å². The van der Waals surface area contributed by atoms with E-state index in [9.17, 15) is 9.59 Å². The Balaban J connectivity index is 2.06. The molecule has 0 saturated carbocycles. The number of fused-ring (bicyclic) bond motifs is 1. The fourth-order valence-electron chi connectivity index (χ4n) is 1.77. The number of amides is 1. The maximum absolute atomic E-state index is 11.6. The number of aryl methyl sites for hydroxylation is 1. The molecule has 1 heterocycles. The molecule has 0 spiro atoms. The van der Waals surface area contributed by atoms with E-state index in [1.807, 2.05) is 19.2 Å². The van der Waals surface area contributed by atoms with E-state index in [0.29, 0.717) is 5.69 Å². The predicted molar refractivity (Wildman–Crippen MR) is 70.6 cm³/mol. The molecule has 1 amide bonds. The van der Waals surface area contributed by atoms with Gasteiger partial charge in [0.1, 0.15) is 6.42 Å². The molecule has 1 aromatic heterocycles. The number of esters is 1. The summed E-state index contributed by atoms with van der Waals surface area (Å²) in [6, 6.07) is 5.45. The van der Waals surface area contributed by atoms with Gasteiger partial charge in [-0.25, -0.2) is 0 Å². The van der Waals surface area contributed by atoms with Crippen molar-refractivity contribution >= 4 is 28.5 Å². The number of nitrogens with zero attached hydrogens (tertiary/aromatic N) is 2. The van der Waals surface area contributed by atoms with Gasteiger partial charge in [0, 0.05) is 18.1 Å². The van der Waals surface area contributed by atoms with Gasteiger partial charge in [-0.2, -0.15) is 5.10 Å². The summed E-state index contributed by atoms with van der Waals surface area (Å²) in [5, 5.41) is 7.77. The number of ether oxygens (including phenoxy) is 1. The number of benzene rings is 1. The SMILES string of the molecule is CCOC(=O)CC(=O)Nc1ccc2cnn(C)c2c1. The normalized spacial score (nSPS) is 10.4. The van der Waals surface area contributed by atoms with E-state index in [-0.39, 0.29) is 18.9 Å². The summed E-state index contributed by atoms with van der Waals surface area (Å²) in [4.78, 5) is 22.8. The Kier molecular flexibility index (Phi) is 3.79. The zero-order chi connectivity index (χ0) is 13.8. The van der Waals surface area contributed by atoms with Gasteiger partial charge in [0.2, 0.25) is 5.91 Å². The highest BCUT2D eigenvalue weighted by atomic mass is 16.5. The number of carbonyl (C=O) groups excluding carboxylic acids is 2. The van der Waals surface area contributed by atoms with Crippen LogP contribution in [0.2, 0.25) is 0 Å². The van der Waals surface area contributed by atoms with Crippen LogP contribution in [0.1, 0.15) is 13.3 Å². The smallest absolute Gasteiger partial charge is 0.315 e. The summed E-state index contributed by atoms with van der Waals surface area (Å²) in [5.74, 6) is -0.915. The second-order valence-electron chi connectivity index (χ2n) is 4.07. The topological polar surface area (TPSA) is 73.2 Å². The van der Waals surface area contributed by atoms with Crippen LogP contribution < -0.4 is 5.32 Å². The number of rotatable bonds is 4. The van der Waals surface area contributed by atoms with E-state index in [0.717, 1.165) is 10.9 Å². The Labute approximate surface area is 110 Å². The molecule has 0 atom stereocenters. The minimum atomic E-state index is -0.526. The van der Waals surface area contributed by atoms with Crippen LogP contribution in [0.3, 0.4) is 0 Å². The van der Waals surface area contributed by atoms with Gasteiger partial charge >= 0.3 is 5.97 Å². The Morgan fingerprint density at radius 2 is 2.21 bits per heavy atom. The first-order valence-corrected chi connectivity index (χ1v) is 5.97. The Hall–Kier alpha value is -2.37. The predicted octanol–water partition coefficient (Wildman–Crippen LogP) is 1.46. The second kappa shape index (κ2) is 5.51. The lowest BCUT2D eigenvalue weighted by molar-refractivity contribution is -0.145. The molecule has 6 heteroatoms. The van der Waals surface area contributed by atoms with Crippen molar-refractivity contribution in [1.29, 1.82) is 0 Å². The summed E-state index contributed by atoms with van der Waals surface area (Å²) >= 11 is 0. The molecular weight excluding hydrogens is 246 g/mol. The van der Waals surface area contributed by atoms with Gasteiger partial charge in [-0.05, 0) is 25.1 Å². The van der Waals surface area contributed by atoms with Crippen LogP contribution in [0, 0.1) is 0 Å². The zero-order valence-electron chi connectivity index (χ0n) is 10.8. The summed E-state index contributed by atoms with van der Waals surface area (Å²) < 4.78 is 6.43. The molecule has 2 rings (SSSR count). The van der Waals surface area contributed by atoms with Crippen LogP contribution in [0.4, 0.5) is 5.69 Å². The molecule has 0 aliphatic heterocycles. The van der Waals surface area contributed by atoms with Gasteiger partial charge in [-0.3, -0.25) is 14.3 Å². The largest absolute Gasteiger partial charge is 0.466 e. The summed E-state index contributed by atoms with van der Waals surface area (Å²) in [7, 11) is 1.83. The van der Waals surface area contributed by atoms with Crippen molar-refractivity contribution in [1.82, 2.24) is 9.78 Å². The average molecular weight is 261 g/mol. The van der Waals surface area contributed by atoms with Crippen LogP contribution in [-0.4, -0.2) is 28.3 Å². The molecule has 6 nitrogen and oxygen atoms in total. The monoisotopic (exact) mass is 261 g/mol. The zero-order valence-corrected chi connectivity index (χ0v) is 10.8. The maximum Gasteiger partial charge on any atom is 0.315 e. The van der Waals surface area contributed by atoms with E-state index in [4.69, 9.17) is 4.74 Å². The summed E-state index contributed by atoms with van der Waals surface area (Å²) in [6.45, 7) is 1.97. The molecule has 0 aliphatic rings. The second-order valence-corrected chi connectivity index (χ2v) is 4.07. The van der Waals surface area contributed by atoms with E-state index in [1.54, 1.807) is 23.9 Å². The van der Waals surface area contributed by atoms with Crippen LogP contribution >= 0.6 is 0 Å². The molecule has 0 fully saturated rings. The van der Waals surface area contributed by atoms with Crippen molar-refractivity contribution in [3.05, 3.63) is 24.4 Å². The fraction of sp³-hybridized carbons (Fsp3) is 0.308. The van der Waals surface area contributed by atoms with Crippen molar-refractivity contribution in [2.45, 2.75) is 13.3 Å².